The quantitative estimate of drug-likeness (QED) is 0.306. The number of hydrogen-bond acceptors (Lipinski definition) is 1. The predicted molar refractivity (Wildman–Crippen MR) is 107 cm³/mol. The van der Waals surface area contributed by atoms with Crippen molar-refractivity contribution in [2.75, 3.05) is 8.86 Å². The number of benzene rings is 2. The second-order valence-electron chi connectivity index (χ2n) is 4.98. The smallest absolute Gasteiger partial charge is 0.127 e. The van der Waals surface area contributed by atoms with Gasteiger partial charge in [0.15, 0.2) is 0 Å². The SMILES string of the molecule is ICCCc1ccc(Oc2ccc(CCCI)cc2)cc1. The van der Waals surface area contributed by atoms with Crippen molar-refractivity contribution in [1.82, 2.24) is 0 Å². The van der Waals surface area contributed by atoms with Gasteiger partial charge in [0.05, 0.1) is 0 Å². The summed E-state index contributed by atoms with van der Waals surface area (Å²) in [5.41, 5.74) is 2.77. The number of halogens is 2. The van der Waals surface area contributed by atoms with Gasteiger partial charge in [0.1, 0.15) is 11.5 Å². The molecular weight excluding hydrogens is 486 g/mol. The standard InChI is InChI=1S/C18H20I2O/c19-13-1-3-15-5-9-17(10-6-15)21-18-11-7-16(8-12-18)4-2-14-20/h5-12H,1-4,13-14H2. The second-order valence-corrected chi connectivity index (χ2v) is 7.13. The first-order chi connectivity index (χ1) is 10.3. The molecule has 0 aliphatic carbocycles. The Morgan fingerprint density at radius 3 is 1.33 bits per heavy atom. The van der Waals surface area contributed by atoms with Crippen molar-refractivity contribution in [3.63, 3.8) is 0 Å². The molecule has 0 aromatic heterocycles. The zero-order valence-corrected chi connectivity index (χ0v) is 16.3. The highest BCUT2D eigenvalue weighted by atomic mass is 127. The summed E-state index contributed by atoms with van der Waals surface area (Å²) >= 11 is 4.84. The summed E-state index contributed by atoms with van der Waals surface area (Å²) in [4.78, 5) is 0. The first-order valence-corrected chi connectivity index (χ1v) is 10.3. The van der Waals surface area contributed by atoms with E-state index in [1.54, 1.807) is 0 Å². The van der Waals surface area contributed by atoms with Gasteiger partial charge in [-0.3, -0.25) is 0 Å². The molecule has 0 saturated carbocycles. The van der Waals surface area contributed by atoms with Crippen LogP contribution in [0.25, 0.3) is 0 Å². The Labute approximate surface area is 154 Å². The van der Waals surface area contributed by atoms with Crippen LogP contribution in [0.4, 0.5) is 0 Å². The van der Waals surface area contributed by atoms with E-state index < -0.39 is 0 Å². The molecule has 2 rings (SSSR count). The Kier molecular flexibility index (Phi) is 7.85. The number of alkyl halides is 2. The third kappa shape index (κ3) is 6.14. The van der Waals surface area contributed by atoms with E-state index in [1.807, 2.05) is 0 Å². The van der Waals surface area contributed by atoms with Crippen LogP contribution in [0.5, 0.6) is 11.5 Å². The summed E-state index contributed by atoms with van der Waals surface area (Å²) in [6.45, 7) is 0. The maximum absolute atomic E-state index is 5.89. The van der Waals surface area contributed by atoms with Crippen molar-refractivity contribution in [3.8, 4) is 11.5 Å². The van der Waals surface area contributed by atoms with E-state index >= 15 is 0 Å². The van der Waals surface area contributed by atoms with Crippen LogP contribution in [0.15, 0.2) is 48.5 Å². The molecule has 0 aliphatic heterocycles. The molecular formula is C18H20I2O. The van der Waals surface area contributed by atoms with Crippen LogP contribution >= 0.6 is 45.2 Å². The molecule has 0 heterocycles. The van der Waals surface area contributed by atoms with Crippen molar-refractivity contribution in [2.45, 2.75) is 25.7 Å². The third-order valence-corrected chi connectivity index (χ3v) is 4.81. The fourth-order valence-corrected chi connectivity index (χ4v) is 2.89. The van der Waals surface area contributed by atoms with Crippen LogP contribution in [0.2, 0.25) is 0 Å². The molecule has 0 radical (unpaired) electrons. The van der Waals surface area contributed by atoms with E-state index in [0.29, 0.717) is 0 Å². The van der Waals surface area contributed by atoms with Crippen LogP contribution in [0.1, 0.15) is 24.0 Å². The van der Waals surface area contributed by atoms with Crippen molar-refractivity contribution >= 4 is 45.2 Å². The normalized spacial score (nSPS) is 10.6. The molecule has 0 saturated heterocycles. The summed E-state index contributed by atoms with van der Waals surface area (Å²) in [5.74, 6) is 1.82. The Hall–Kier alpha value is -0.300. The molecule has 3 heteroatoms. The van der Waals surface area contributed by atoms with Crippen molar-refractivity contribution in [1.29, 1.82) is 0 Å². The van der Waals surface area contributed by atoms with Gasteiger partial charge in [-0.2, -0.15) is 0 Å². The molecule has 2 aromatic rings. The predicted octanol–water partition coefficient (Wildman–Crippen LogP) is 6.21. The molecule has 0 amide bonds. The average molecular weight is 506 g/mol. The first-order valence-electron chi connectivity index (χ1n) is 7.29. The molecule has 0 N–H and O–H groups in total. The molecule has 0 aliphatic rings. The third-order valence-electron chi connectivity index (χ3n) is 3.28. The van der Waals surface area contributed by atoms with Crippen LogP contribution in [-0.4, -0.2) is 8.86 Å². The Bertz CT molecular complexity index is 470. The lowest BCUT2D eigenvalue weighted by Gasteiger charge is -2.08. The average Bonchev–Trinajstić information content (AvgIpc) is 2.53. The minimum atomic E-state index is 0.910. The number of rotatable bonds is 8. The number of hydrogen-bond donors (Lipinski definition) is 0. The molecule has 0 spiro atoms. The molecule has 0 bridgehead atoms. The number of aryl methyl sites for hydroxylation is 2. The maximum Gasteiger partial charge on any atom is 0.127 e. The van der Waals surface area contributed by atoms with Gasteiger partial charge in [-0.15, -0.1) is 0 Å². The minimum Gasteiger partial charge on any atom is -0.457 e. The van der Waals surface area contributed by atoms with Crippen LogP contribution in [-0.2, 0) is 12.8 Å². The maximum atomic E-state index is 5.89. The van der Waals surface area contributed by atoms with Gasteiger partial charge >= 0.3 is 0 Å². The second kappa shape index (κ2) is 9.66. The summed E-state index contributed by atoms with van der Waals surface area (Å²) in [6.07, 6.45) is 4.77. The van der Waals surface area contributed by atoms with E-state index in [4.69, 9.17) is 4.74 Å². The van der Waals surface area contributed by atoms with E-state index in [0.717, 1.165) is 24.3 Å². The van der Waals surface area contributed by atoms with E-state index in [-0.39, 0.29) is 0 Å². The Balaban J connectivity index is 1.91. The lowest BCUT2D eigenvalue weighted by Crippen LogP contribution is -1.89. The van der Waals surface area contributed by atoms with Crippen molar-refractivity contribution in [2.24, 2.45) is 0 Å². The lowest BCUT2D eigenvalue weighted by molar-refractivity contribution is 0.482. The molecule has 112 valence electrons. The number of ether oxygens (including phenoxy) is 1. The van der Waals surface area contributed by atoms with E-state index in [2.05, 4.69) is 93.7 Å². The van der Waals surface area contributed by atoms with Crippen LogP contribution in [0.3, 0.4) is 0 Å². The van der Waals surface area contributed by atoms with Gasteiger partial charge in [-0.25, -0.2) is 0 Å². The zero-order valence-electron chi connectivity index (χ0n) is 12.0. The van der Waals surface area contributed by atoms with Gasteiger partial charge in [0.25, 0.3) is 0 Å². The van der Waals surface area contributed by atoms with Crippen LogP contribution < -0.4 is 4.74 Å². The van der Waals surface area contributed by atoms with Gasteiger partial charge < -0.3 is 4.74 Å². The lowest BCUT2D eigenvalue weighted by atomic mass is 10.1. The van der Waals surface area contributed by atoms with E-state index in [9.17, 15) is 0 Å². The first kappa shape index (κ1) is 17.1. The highest BCUT2D eigenvalue weighted by molar-refractivity contribution is 14.1. The fourth-order valence-electron chi connectivity index (χ4n) is 2.13. The summed E-state index contributed by atoms with van der Waals surface area (Å²) in [7, 11) is 0. The molecule has 0 unspecified atom stereocenters. The topological polar surface area (TPSA) is 9.23 Å². The van der Waals surface area contributed by atoms with Gasteiger partial charge in [-0.1, -0.05) is 69.4 Å². The highest BCUT2D eigenvalue weighted by Gasteiger charge is 1.99. The van der Waals surface area contributed by atoms with Crippen molar-refractivity contribution < 1.29 is 4.74 Å². The fraction of sp³-hybridized carbons (Fsp3) is 0.333. The molecule has 1 nitrogen and oxygen atoms in total. The molecule has 21 heavy (non-hydrogen) atoms. The van der Waals surface area contributed by atoms with Gasteiger partial charge in [0, 0.05) is 0 Å². The summed E-state index contributed by atoms with van der Waals surface area (Å²) in [6, 6.07) is 16.9. The minimum absolute atomic E-state index is 0.910. The Morgan fingerprint density at radius 1 is 0.619 bits per heavy atom. The monoisotopic (exact) mass is 506 g/mol. The molecule has 0 fully saturated rings. The van der Waals surface area contributed by atoms with Crippen molar-refractivity contribution in [3.05, 3.63) is 59.7 Å². The molecule has 0 atom stereocenters. The zero-order chi connectivity index (χ0) is 14.9. The van der Waals surface area contributed by atoms with Crippen LogP contribution in [0, 0.1) is 0 Å². The van der Waals surface area contributed by atoms with Gasteiger partial charge in [0.2, 0.25) is 0 Å². The highest BCUT2D eigenvalue weighted by Crippen LogP contribution is 2.23. The van der Waals surface area contributed by atoms with E-state index in [1.165, 1.54) is 32.8 Å². The summed E-state index contributed by atoms with van der Waals surface area (Å²) in [5, 5.41) is 0. The van der Waals surface area contributed by atoms with Gasteiger partial charge in [-0.05, 0) is 69.9 Å². The molecule has 2 aromatic carbocycles. The summed E-state index contributed by atoms with van der Waals surface area (Å²) < 4.78 is 8.31. The largest absolute Gasteiger partial charge is 0.457 e. The Morgan fingerprint density at radius 2 is 1.00 bits per heavy atom.